The number of carbonyl (C=O) groups excluding carboxylic acids is 1. The van der Waals surface area contributed by atoms with Gasteiger partial charge >= 0.3 is 5.97 Å². The summed E-state index contributed by atoms with van der Waals surface area (Å²) in [5.74, 6) is 0.277. The summed E-state index contributed by atoms with van der Waals surface area (Å²) in [5.41, 5.74) is 1.22. The molecule has 1 aliphatic heterocycles. The van der Waals surface area contributed by atoms with Crippen LogP contribution >= 0.6 is 0 Å². The van der Waals surface area contributed by atoms with Gasteiger partial charge in [0.25, 0.3) is 0 Å². The number of aromatic nitrogens is 2. The lowest BCUT2D eigenvalue weighted by Gasteiger charge is -2.16. The molecule has 1 aliphatic rings. The lowest BCUT2D eigenvalue weighted by Crippen LogP contribution is -2.25. The molecule has 19 heavy (non-hydrogen) atoms. The third-order valence-electron chi connectivity index (χ3n) is 3.84. The van der Waals surface area contributed by atoms with Crippen LogP contribution in [0.1, 0.15) is 26.0 Å². The largest absolute Gasteiger partial charge is 0.469 e. The highest BCUT2D eigenvalue weighted by atomic mass is 16.5. The van der Waals surface area contributed by atoms with Gasteiger partial charge in [0, 0.05) is 32.4 Å². The van der Waals surface area contributed by atoms with Gasteiger partial charge in [-0.05, 0) is 12.3 Å². The lowest BCUT2D eigenvalue weighted by atomic mass is 9.99. The standard InChI is InChI=1S/C14H23N3O2/c1-4-5-17-10-15-6-12(17)8-16-7-11(2)13(9-16)14(18)19-3/h6,10-11,13H,4-5,7-9H2,1-3H3. The van der Waals surface area contributed by atoms with Gasteiger partial charge in [-0.2, -0.15) is 0 Å². The Morgan fingerprint density at radius 1 is 1.53 bits per heavy atom. The molecule has 106 valence electrons. The molecule has 0 radical (unpaired) electrons. The van der Waals surface area contributed by atoms with Crippen LogP contribution in [0, 0.1) is 11.8 Å². The summed E-state index contributed by atoms with van der Waals surface area (Å²) in [7, 11) is 1.47. The number of imidazole rings is 1. The Morgan fingerprint density at radius 3 is 3.00 bits per heavy atom. The van der Waals surface area contributed by atoms with Crippen LogP contribution < -0.4 is 0 Å². The minimum atomic E-state index is -0.0861. The molecule has 0 aliphatic carbocycles. The van der Waals surface area contributed by atoms with Crippen LogP contribution in [0.4, 0.5) is 0 Å². The Bertz CT molecular complexity index is 430. The normalized spacial score (nSPS) is 23.7. The van der Waals surface area contributed by atoms with E-state index in [0.717, 1.165) is 32.6 Å². The fourth-order valence-electron chi connectivity index (χ4n) is 2.81. The Labute approximate surface area is 114 Å². The number of nitrogens with zero attached hydrogens (tertiary/aromatic N) is 3. The van der Waals surface area contributed by atoms with Crippen LogP contribution in [0.25, 0.3) is 0 Å². The minimum absolute atomic E-state index is 0.00699. The van der Waals surface area contributed by atoms with Crippen molar-refractivity contribution in [3.8, 4) is 0 Å². The first kappa shape index (κ1) is 14.1. The van der Waals surface area contributed by atoms with Crippen molar-refractivity contribution in [1.29, 1.82) is 0 Å². The van der Waals surface area contributed by atoms with Crippen molar-refractivity contribution in [2.45, 2.75) is 33.4 Å². The third kappa shape index (κ3) is 3.15. The maximum absolute atomic E-state index is 11.7. The second-order valence-corrected chi connectivity index (χ2v) is 5.38. The van der Waals surface area contributed by atoms with E-state index in [4.69, 9.17) is 4.74 Å². The first-order valence-corrected chi connectivity index (χ1v) is 6.94. The van der Waals surface area contributed by atoms with Gasteiger partial charge in [-0.3, -0.25) is 9.69 Å². The van der Waals surface area contributed by atoms with Gasteiger partial charge in [0.2, 0.25) is 0 Å². The number of likely N-dealkylation sites (tertiary alicyclic amines) is 1. The smallest absolute Gasteiger partial charge is 0.310 e. The van der Waals surface area contributed by atoms with E-state index in [1.54, 1.807) is 0 Å². The summed E-state index contributed by atoms with van der Waals surface area (Å²) in [4.78, 5) is 18.2. The van der Waals surface area contributed by atoms with Gasteiger partial charge < -0.3 is 9.30 Å². The molecular weight excluding hydrogens is 242 g/mol. The zero-order chi connectivity index (χ0) is 13.8. The molecule has 0 N–H and O–H groups in total. The number of hydrogen-bond donors (Lipinski definition) is 0. The van der Waals surface area contributed by atoms with Crippen LogP contribution in [0.2, 0.25) is 0 Å². The van der Waals surface area contributed by atoms with E-state index in [-0.39, 0.29) is 11.9 Å². The fourth-order valence-corrected chi connectivity index (χ4v) is 2.81. The van der Waals surface area contributed by atoms with Crippen molar-refractivity contribution in [3.05, 3.63) is 18.2 Å². The topological polar surface area (TPSA) is 47.4 Å². The summed E-state index contributed by atoms with van der Waals surface area (Å²) in [6.45, 7) is 7.86. The highest BCUT2D eigenvalue weighted by Gasteiger charge is 2.35. The Morgan fingerprint density at radius 2 is 2.32 bits per heavy atom. The summed E-state index contributed by atoms with van der Waals surface area (Å²) < 4.78 is 7.06. The van der Waals surface area contributed by atoms with E-state index >= 15 is 0 Å². The molecule has 5 heteroatoms. The highest BCUT2D eigenvalue weighted by molar-refractivity contribution is 5.73. The number of rotatable bonds is 5. The lowest BCUT2D eigenvalue weighted by molar-refractivity contribution is -0.146. The molecule has 1 fully saturated rings. The van der Waals surface area contributed by atoms with Crippen molar-refractivity contribution in [2.75, 3.05) is 20.2 Å². The van der Waals surface area contributed by atoms with Crippen LogP contribution in [-0.4, -0.2) is 40.6 Å². The maximum Gasteiger partial charge on any atom is 0.310 e. The van der Waals surface area contributed by atoms with Crippen LogP contribution in [-0.2, 0) is 22.6 Å². The molecule has 0 saturated carbocycles. The molecule has 1 saturated heterocycles. The molecule has 1 aromatic rings. The molecular formula is C14H23N3O2. The van der Waals surface area contributed by atoms with Crippen molar-refractivity contribution in [2.24, 2.45) is 11.8 Å². The summed E-state index contributed by atoms with van der Waals surface area (Å²) >= 11 is 0. The molecule has 0 amide bonds. The second kappa shape index (κ2) is 6.19. The van der Waals surface area contributed by atoms with E-state index in [1.165, 1.54) is 12.8 Å². The zero-order valence-corrected chi connectivity index (χ0v) is 12.0. The SMILES string of the molecule is CCCn1cncc1CN1CC(C)C(C(=O)OC)C1. The first-order chi connectivity index (χ1) is 9.15. The van der Waals surface area contributed by atoms with E-state index in [2.05, 4.69) is 28.3 Å². The first-order valence-electron chi connectivity index (χ1n) is 6.94. The van der Waals surface area contributed by atoms with Gasteiger partial charge in [-0.25, -0.2) is 4.98 Å². The van der Waals surface area contributed by atoms with Crippen molar-refractivity contribution in [1.82, 2.24) is 14.5 Å². The molecule has 1 aromatic heterocycles. The molecule has 2 rings (SSSR count). The molecule has 0 spiro atoms. The van der Waals surface area contributed by atoms with Crippen molar-refractivity contribution >= 4 is 5.97 Å². The summed E-state index contributed by atoms with van der Waals surface area (Å²) in [5, 5.41) is 0. The van der Waals surface area contributed by atoms with Crippen LogP contribution in [0.5, 0.6) is 0 Å². The minimum Gasteiger partial charge on any atom is -0.469 e. The number of esters is 1. The molecule has 2 heterocycles. The summed E-state index contributed by atoms with van der Waals surface area (Å²) in [6, 6.07) is 0. The predicted molar refractivity (Wildman–Crippen MR) is 72.5 cm³/mol. The molecule has 2 unspecified atom stereocenters. The molecule has 2 atom stereocenters. The van der Waals surface area contributed by atoms with E-state index in [1.807, 2.05) is 12.5 Å². The highest BCUT2D eigenvalue weighted by Crippen LogP contribution is 2.25. The number of ether oxygens (including phenoxy) is 1. The Hall–Kier alpha value is -1.36. The third-order valence-corrected chi connectivity index (χ3v) is 3.84. The molecule has 5 nitrogen and oxygen atoms in total. The average molecular weight is 265 g/mol. The maximum atomic E-state index is 11.7. The number of methoxy groups -OCH3 is 1. The monoisotopic (exact) mass is 265 g/mol. The van der Waals surface area contributed by atoms with Gasteiger partial charge in [-0.15, -0.1) is 0 Å². The molecule has 0 aromatic carbocycles. The number of carbonyl (C=O) groups is 1. The van der Waals surface area contributed by atoms with E-state index in [0.29, 0.717) is 5.92 Å². The predicted octanol–water partition coefficient (Wildman–Crippen LogP) is 1.53. The second-order valence-electron chi connectivity index (χ2n) is 5.38. The molecule has 0 bridgehead atoms. The van der Waals surface area contributed by atoms with Crippen molar-refractivity contribution < 1.29 is 9.53 Å². The Kier molecular flexibility index (Phi) is 4.58. The van der Waals surface area contributed by atoms with Crippen LogP contribution in [0.3, 0.4) is 0 Å². The van der Waals surface area contributed by atoms with Gasteiger partial charge in [0.15, 0.2) is 0 Å². The van der Waals surface area contributed by atoms with E-state index in [9.17, 15) is 4.79 Å². The number of hydrogen-bond acceptors (Lipinski definition) is 4. The van der Waals surface area contributed by atoms with E-state index < -0.39 is 0 Å². The average Bonchev–Trinajstić information content (AvgIpc) is 2.97. The zero-order valence-electron chi connectivity index (χ0n) is 12.0. The van der Waals surface area contributed by atoms with Gasteiger partial charge in [-0.1, -0.05) is 13.8 Å². The Balaban J connectivity index is 1.97. The van der Waals surface area contributed by atoms with Gasteiger partial charge in [0.05, 0.1) is 25.0 Å². The van der Waals surface area contributed by atoms with Crippen molar-refractivity contribution in [3.63, 3.8) is 0 Å². The fraction of sp³-hybridized carbons (Fsp3) is 0.714. The summed E-state index contributed by atoms with van der Waals surface area (Å²) in [6.07, 6.45) is 4.91. The number of aryl methyl sites for hydroxylation is 1. The quantitative estimate of drug-likeness (QED) is 0.758. The van der Waals surface area contributed by atoms with Crippen LogP contribution in [0.15, 0.2) is 12.5 Å². The van der Waals surface area contributed by atoms with Gasteiger partial charge in [0.1, 0.15) is 0 Å².